The molecule has 25 heavy (non-hydrogen) atoms. The van der Waals surface area contributed by atoms with E-state index in [2.05, 4.69) is 20.9 Å². The van der Waals surface area contributed by atoms with Gasteiger partial charge in [-0.2, -0.15) is 4.79 Å². The van der Waals surface area contributed by atoms with Crippen LogP contribution in [0.2, 0.25) is 0 Å². The summed E-state index contributed by atoms with van der Waals surface area (Å²) in [6.07, 6.45) is 2.52. The molecule has 0 N–H and O–H groups in total. The molecule has 6 heteroatoms. The first-order valence-corrected chi connectivity index (χ1v) is 9.39. The molecule has 0 saturated carbocycles. The minimum absolute atomic E-state index is 0.0204. The average Bonchev–Trinajstić information content (AvgIpc) is 3.17. The highest BCUT2D eigenvalue weighted by atomic mass is 79.9. The number of rotatable bonds is 2. The average molecular weight is 406 g/mol. The number of carbonyl (C=O) groups is 1. The predicted octanol–water partition coefficient (Wildman–Crippen LogP) is 4.28. The van der Waals surface area contributed by atoms with Crippen LogP contribution in [-0.4, -0.2) is 46.4 Å². The lowest BCUT2D eigenvalue weighted by molar-refractivity contribution is -0.727. The van der Waals surface area contributed by atoms with E-state index in [0.29, 0.717) is 4.48 Å². The van der Waals surface area contributed by atoms with Crippen LogP contribution in [0.15, 0.2) is 34.9 Å². The van der Waals surface area contributed by atoms with Gasteiger partial charge in [0, 0.05) is 22.5 Å². The van der Waals surface area contributed by atoms with Gasteiger partial charge in [-0.3, -0.25) is 4.98 Å². The molecule has 1 aromatic carbocycles. The molecule has 3 atom stereocenters. The largest absolute Gasteiger partial charge is 0.517 e. The van der Waals surface area contributed by atoms with Gasteiger partial charge < -0.3 is 9.47 Å². The standard InChI is InChI=1S/C19H22BrN2O3/c1-19(2,3)25-18(23)22-8-6-15(14(22)11-22)24-16-10-13(20)9-12-5-4-7-21-17(12)16/h4-5,7,9-10,14-15H,6,8,11H2,1-3H3/q+1. The fraction of sp³-hybridized carbons (Fsp3) is 0.474. The fourth-order valence-electron chi connectivity index (χ4n) is 3.70. The lowest BCUT2D eigenvalue weighted by atomic mass is 10.2. The summed E-state index contributed by atoms with van der Waals surface area (Å²) < 4.78 is 13.3. The van der Waals surface area contributed by atoms with Crippen LogP contribution in [0.1, 0.15) is 27.2 Å². The van der Waals surface area contributed by atoms with Crippen molar-refractivity contribution in [2.75, 3.05) is 13.1 Å². The lowest BCUT2D eigenvalue weighted by Gasteiger charge is -2.21. The highest BCUT2D eigenvalue weighted by molar-refractivity contribution is 9.10. The van der Waals surface area contributed by atoms with Crippen LogP contribution >= 0.6 is 15.9 Å². The van der Waals surface area contributed by atoms with Crippen molar-refractivity contribution in [1.29, 1.82) is 0 Å². The molecule has 0 bridgehead atoms. The second-order valence-corrected chi connectivity index (χ2v) is 8.83. The monoisotopic (exact) mass is 405 g/mol. The number of piperidine rings is 1. The molecule has 1 aromatic heterocycles. The molecule has 2 aromatic rings. The number of nitrogens with zero attached hydrogens (tertiary/aromatic N) is 2. The zero-order chi connectivity index (χ0) is 17.8. The summed E-state index contributed by atoms with van der Waals surface area (Å²) in [6, 6.07) is 8.11. The Morgan fingerprint density at radius 1 is 1.36 bits per heavy atom. The zero-order valence-electron chi connectivity index (χ0n) is 14.7. The molecule has 2 fully saturated rings. The van der Waals surface area contributed by atoms with E-state index in [4.69, 9.17) is 9.47 Å². The van der Waals surface area contributed by atoms with E-state index in [1.54, 1.807) is 6.20 Å². The third-order valence-corrected chi connectivity index (χ3v) is 5.38. The maximum atomic E-state index is 12.6. The van der Waals surface area contributed by atoms with Crippen molar-refractivity contribution in [3.63, 3.8) is 0 Å². The lowest BCUT2D eigenvalue weighted by Crippen LogP contribution is -2.39. The Hall–Kier alpha value is -1.66. The molecule has 5 nitrogen and oxygen atoms in total. The van der Waals surface area contributed by atoms with E-state index in [-0.39, 0.29) is 18.2 Å². The summed E-state index contributed by atoms with van der Waals surface area (Å²) in [4.78, 5) is 17.0. The number of benzene rings is 1. The van der Waals surface area contributed by atoms with Gasteiger partial charge >= 0.3 is 6.09 Å². The first kappa shape index (κ1) is 16.8. The van der Waals surface area contributed by atoms with Gasteiger partial charge in [-0.1, -0.05) is 22.0 Å². The Bertz CT molecular complexity index is 848. The Labute approximate surface area is 155 Å². The van der Waals surface area contributed by atoms with Crippen molar-refractivity contribution in [2.24, 2.45) is 0 Å². The minimum atomic E-state index is -0.458. The molecule has 1 amide bonds. The highest BCUT2D eigenvalue weighted by Crippen LogP contribution is 2.45. The molecule has 2 aliphatic rings. The van der Waals surface area contributed by atoms with Crippen molar-refractivity contribution in [3.05, 3.63) is 34.9 Å². The van der Waals surface area contributed by atoms with E-state index in [0.717, 1.165) is 40.6 Å². The van der Waals surface area contributed by atoms with Crippen molar-refractivity contribution in [3.8, 4) is 5.75 Å². The van der Waals surface area contributed by atoms with Crippen LogP contribution in [-0.2, 0) is 4.74 Å². The highest BCUT2D eigenvalue weighted by Gasteiger charge is 2.71. The Balaban J connectivity index is 1.54. The molecule has 3 heterocycles. The van der Waals surface area contributed by atoms with Crippen LogP contribution in [0.5, 0.6) is 5.75 Å². The summed E-state index contributed by atoms with van der Waals surface area (Å²) >= 11 is 3.54. The summed E-state index contributed by atoms with van der Waals surface area (Å²) in [5, 5.41) is 1.04. The molecular formula is C19H22BrN2O3+. The predicted molar refractivity (Wildman–Crippen MR) is 98.5 cm³/mol. The molecule has 0 aliphatic carbocycles. The molecular weight excluding hydrogens is 384 g/mol. The first-order chi connectivity index (χ1) is 11.8. The zero-order valence-corrected chi connectivity index (χ0v) is 16.2. The summed E-state index contributed by atoms with van der Waals surface area (Å²) in [6.45, 7) is 7.31. The summed E-state index contributed by atoms with van der Waals surface area (Å²) in [5.41, 5.74) is 0.397. The number of fused-ring (bicyclic) bond motifs is 2. The van der Waals surface area contributed by atoms with Gasteiger partial charge in [0.05, 0.1) is 6.54 Å². The van der Waals surface area contributed by atoms with Crippen molar-refractivity contribution in [2.45, 2.75) is 44.9 Å². The van der Waals surface area contributed by atoms with Crippen LogP contribution in [0.25, 0.3) is 10.9 Å². The molecule has 132 valence electrons. The Kier molecular flexibility index (Phi) is 3.81. The third kappa shape index (κ3) is 3.02. The number of halogens is 1. The van der Waals surface area contributed by atoms with Gasteiger partial charge in [0.25, 0.3) is 0 Å². The molecule has 0 spiro atoms. The second kappa shape index (κ2) is 5.68. The topological polar surface area (TPSA) is 48.4 Å². The van der Waals surface area contributed by atoms with Crippen molar-refractivity contribution >= 4 is 32.9 Å². The van der Waals surface area contributed by atoms with Crippen molar-refractivity contribution < 1.29 is 18.8 Å². The van der Waals surface area contributed by atoms with E-state index in [1.165, 1.54) is 0 Å². The Morgan fingerprint density at radius 3 is 2.88 bits per heavy atom. The molecule has 4 rings (SSSR count). The molecule has 2 saturated heterocycles. The summed E-state index contributed by atoms with van der Waals surface area (Å²) in [7, 11) is 0. The number of carbonyl (C=O) groups excluding carboxylic acids is 1. The van der Waals surface area contributed by atoms with E-state index in [1.807, 2.05) is 45.0 Å². The van der Waals surface area contributed by atoms with Crippen LogP contribution in [0, 0.1) is 0 Å². The number of quaternary nitrogens is 1. The Morgan fingerprint density at radius 2 is 2.16 bits per heavy atom. The van der Waals surface area contributed by atoms with E-state index >= 15 is 0 Å². The fourth-order valence-corrected chi connectivity index (χ4v) is 4.15. The number of ether oxygens (including phenoxy) is 2. The van der Waals surface area contributed by atoms with Crippen molar-refractivity contribution in [1.82, 2.24) is 4.98 Å². The first-order valence-electron chi connectivity index (χ1n) is 8.60. The van der Waals surface area contributed by atoms with Gasteiger partial charge in [-0.25, -0.2) is 4.48 Å². The van der Waals surface area contributed by atoms with Gasteiger partial charge in [0.2, 0.25) is 0 Å². The second-order valence-electron chi connectivity index (χ2n) is 7.91. The third-order valence-electron chi connectivity index (χ3n) is 4.93. The van der Waals surface area contributed by atoms with Gasteiger partial charge in [-0.05, 0) is 39.0 Å². The van der Waals surface area contributed by atoms with Gasteiger partial charge in [0.15, 0.2) is 12.1 Å². The van der Waals surface area contributed by atoms with Gasteiger partial charge in [-0.15, -0.1) is 0 Å². The normalized spacial score (nSPS) is 27.8. The number of amides is 1. The van der Waals surface area contributed by atoms with Crippen LogP contribution < -0.4 is 4.74 Å². The summed E-state index contributed by atoms with van der Waals surface area (Å²) in [5.74, 6) is 0.770. The van der Waals surface area contributed by atoms with E-state index < -0.39 is 5.60 Å². The molecule has 0 radical (unpaired) electrons. The molecule has 2 aliphatic heterocycles. The SMILES string of the molecule is CC(C)(C)OC(=O)[N+]12CCC(Oc3cc(Br)cc4cccnc34)C1C2. The smallest absolute Gasteiger partial charge is 0.481 e. The minimum Gasteiger partial charge on any atom is -0.481 e. The van der Waals surface area contributed by atoms with Gasteiger partial charge in [0.1, 0.15) is 23.4 Å². The number of aromatic nitrogens is 1. The molecule has 3 unspecified atom stereocenters. The number of pyridine rings is 1. The van der Waals surface area contributed by atoms with E-state index in [9.17, 15) is 4.79 Å². The number of hydrogen-bond acceptors (Lipinski definition) is 4. The van der Waals surface area contributed by atoms with Crippen LogP contribution in [0.3, 0.4) is 0 Å². The van der Waals surface area contributed by atoms with Crippen LogP contribution in [0.4, 0.5) is 4.79 Å². The maximum Gasteiger partial charge on any atom is 0.517 e. The quantitative estimate of drug-likeness (QED) is 0.552. The maximum absolute atomic E-state index is 12.6. The number of hydrogen-bond donors (Lipinski definition) is 0.